The number of piperidine rings is 1. The van der Waals surface area contributed by atoms with Crippen LogP contribution in [0, 0.1) is 0 Å². The van der Waals surface area contributed by atoms with E-state index in [0.29, 0.717) is 29.6 Å². The highest BCUT2D eigenvalue weighted by atomic mass is 32.1. The highest BCUT2D eigenvalue weighted by molar-refractivity contribution is 7.18. The average Bonchev–Trinajstić information content (AvgIpc) is 3.10. The van der Waals surface area contributed by atoms with Gasteiger partial charge >= 0.3 is 0 Å². The van der Waals surface area contributed by atoms with Crippen LogP contribution >= 0.6 is 11.3 Å². The van der Waals surface area contributed by atoms with E-state index in [4.69, 9.17) is 5.73 Å². The predicted molar refractivity (Wildman–Crippen MR) is 81.4 cm³/mol. The molecule has 2 saturated heterocycles. The van der Waals surface area contributed by atoms with Crippen molar-refractivity contribution in [2.75, 3.05) is 11.1 Å². The molecular weight excluding hydrogens is 288 g/mol. The molecule has 2 aliphatic heterocycles. The molecule has 1 amide bonds. The van der Waals surface area contributed by atoms with E-state index in [0.717, 1.165) is 30.8 Å². The molecule has 4 rings (SSSR count). The Kier molecular flexibility index (Phi) is 3.08. The number of hydrogen-bond donors (Lipinski definition) is 3. The van der Waals surface area contributed by atoms with Crippen molar-refractivity contribution < 1.29 is 9.90 Å². The number of hydrogen-bond acceptors (Lipinski definition) is 6. The zero-order valence-corrected chi connectivity index (χ0v) is 12.6. The largest absolute Gasteiger partial charge is 0.393 e. The summed E-state index contributed by atoms with van der Waals surface area (Å²) in [4.78, 5) is 19.6. The number of anilines is 2. The minimum Gasteiger partial charge on any atom is -0.393 e. The fourth-order valence-electron chi connectivity index (χ4n) is 3.55. The van der Waals surface area contributed by atoms with Gasteiger partial charge in [-0.3, -0.25) is 4.79 Å². The van der Waals surface area contributed by atoms with Gasteiger partial charge in [0.25, 0.3) is 5.91 Å². The number of aliphatic hydroxyl groups excluding tert-OH is 1. The summed E-state index contributed by atoms with van der Waals surface area (Å²) in [5.41, 5.74) is 5.95. The van der Waals surface area contributed by atoms with Gasteiger partial charge in [0.15, 0.2) is 5.13 Å². The number of nitrogen functional groups attached to an aromatic ring is 1. The summed E-state index contributed by atoms with van der Waals surface area (Å²) in [7, 11) is 0. The molecule has 1 aliphatic carbocycles. The van der Waals surface area contributed by atoms with E-state index < -0.39 is 0 Å². The van der Waals surface area contributed by atoms with Gasteiger partial charge in [-0.2, -0.15) is 0 Å². The summed E-state index contributed by atoms with van der Waals surface area (Å²) in [5.74, 6) is 0.326. The van der Waals surface area contributed by atoms with Gasteiger partial charge in [0, 0.05) is 18.1 Å². The van der Waals surface area contributed by atoms with Gasteiger partial charge in [-0.1, -0.05) is 11.3 Å². The van der Waals surface area contributed by atoms with Crippen molar-refractivity contribution in [1.82, 2.24) is 9.88 Å². The highest BCUT2D eigenvalue weighted by Gasteiger charge is 2.44. The molecule has 1 aromatic heterocycles. The first kappa shape index (κ1) is 13.3. The number of rotatable bonds is 3. The van der Waals surface area contributed by atoms with Crippen molar-refractivity contribution in [2.45, 2.75) is 62.8 Å². The lowest BCUT2D eigenvalue weighted by Gasteiger charge is -2.36. The summed E-state index contributed by atoms with van der Waals surface area (Å²) < 4.78 is 0. The zero-order chi connectivity index (χ0) is 14.6. The van der Waals surface area contributed by atoms with E-state index in [2.05, 4.69) is 10.3 Å². The second-order valence-corrected chi connectivity index (χ2v) is 7.37. The van der Waals surface area contributed by atoms with Crippen molar-refractivity contribution in [1.29, 1.82) is 0 Å². The van der Waals surface area contributed by atoms with Gasteiger partial charge in [-0.05, 0) is 38.5 Å². The summed E-state index contributed by atoms with van der Waals surface area (Å²) >= 11 is 1.36. The quantitative estimate of drug-likeness (QED) is 0.785. The normalized spacial score (nSPS) is 31.5. The number of carbonyl (C=O) groups excluding carboxylic acids is 1. The number of aliphatic hydroxyl groups is 1. The Morgan fingerprint density at radius 1 is 1.29 bits per heavy atom. The number of fused-ring (bicyclic) bond motifs is 2. The van der Waals surface area contributed by atoms with Crippen molar-refractivity contribution in [3.63, 3.8) is 0 Å². The van der Waals surface area contributed by atoms with Gasteiger partial charge < -0.3 is 21.1 Å². The maximum atomic E-state index is 12.8. The number of aromatic nitrogens is 1. The van der Waals surface area contributed by atoms with Crippen molar-refractivity contribution in [3.05, 3.63) is 4.88 Å². The van der Waals surface area contributed by atoms with Crippen LogP contribution in [-0.2, 0) is 0 Å². The Morgan fingerprint density at radius 3 is 2.57 bits per heavy atom. The molecule has 21 heavy (non-hydrogen) atoms. The molecule has 2 unspecified atom stereocenters. The fraction of sp³-hybridized carbons (Fsp3) is 0.714. The maximum absolute atomic E-state index is 12.8. The van der Waals surface area contributed by atoms with Crippen LogP contribution in [-0.4, -0.2) is 45.1 Å². The number of carbonyl (C=O) groups is 1. The molecular formula is C14H20N4O2S. The maximum Gasteiger partial charge on any atom is 0.268 e. The van der Waals surface area contributed by atoms with Gasteiger partial charge in [-0.25, -0.2) is 4.98 Å². The molecule has 6 nitrogen and oxygen atoms in total. The van der Waals surface area contributed by atoms with Gasteiger partial charge in [0.1, 0.15) is 10.7 Å². The number of nitrogens with one attached hydrogen (secondary N) is 1. The first-order valence-electron chi connectivity index (χ1n) is 7.65. The van der Waals surface area contributed by atoms with Crippen LogP contribution in [0.5, 0.6) is 0 Å². The Bertz CT molecular complexity index is 557. The van der Waals surface area contributed by atoms with Gasteiger partial charge in [-0.15, -0.1) is 0 Å². The van der Waals surface area contributed by atoms with Gasteiger partial charge in [0.05, 0.1) is 6.10 Å². The van der Waals surface area contributed by atoms with E-state index >= 15 is 0 Å². The average molecular weight is 308 g/mol. The minimum absolute atomic E-state index is 0.00625. The molecule has 2 atom stereocenters. The lowest BCUT2D eigenvalue weighted by Crippen LogP contribution is -2.47. The van der Waals surface area contributed by atoms with E-state index in [1.807, 2.05) is 4.90 Å². The molecule has 1 aromatic rings. The predicted octanol–water partition coefficient (Wildman–Crippen LogP) is 1.43. The van der Waals surface area contributed by atoms with Crippen molar-refractivity contribution >= 4 is 28.2 Å². The second kappa shape index (κ2) is 4.84. The first-order chi connectivity index (χ1) is 10.1. The molecule has 3 aliphatic rings. The summed E-state index contributed by atoms with van der Waals surface area (Å²) in [6.07, 6.45) is 5.41. The molecule has 4 N–H and O–H groups in total. The minimum atomic E-state index is -0.266. The molecule has 3 fully saturated rings. The van der Waals surface area contributed by atoms with Crippen LogP contribution in [0.2, 0.25) is 0 Å². The summed E-state index contributed by atoms with van der Waals surface area (Å²) in [6.45, 7) is 0. The number of nitrogens with two attached hydrogens (primary N) is 1. The monoisotopic (exact) mass is 308 g/mol. The zero-order valence-electron chi connectivity index (χ0n) is 11.8. The Balaban J connectivity index is 1.55. The molecule has 3 heterocycles. The van der Waals surface area contributed by atoms with Crippen molar-refractivity contribution in [3.8, 4) is 0 Å². The lowest BCUT2D eigenvalue weighted by molar-refractivity contribution is 0.0291. The van der Waals surface area contributed by atoms with E-state index in [-0.39, 0.29) is 24.1 Å². The van der Waals surface area contributed by atoms with Crippen LogP contribution in [0.15, 0.2) is 0 Å². The first-order valence-corrected chi connectivity index (χ1v) is 8.47. The number of nitrogens with zero attached hydrogens (tertiary/aromatic N) is 2. The third kappa shape index (κ3) is 2.38. The standard InChI is InChI=1S/C14H20N4O2S/c15-12-11(21-14(17-12)16-7-1-2-7)13(20)18-8-3-4-9(18)6-10(19)5-8/h7-10,19H,1-6,15H2,(H,16,17). The topological polar surface area (TPSA) is 91.5 Å². The Morgan fingerprint density at radius 2 is 1.95 bits per heavy atom. The SMILES string of the molecule is Nc1nc(NC2CC2)sc1C(=O)N1C2CCC1CC(O)C2. The fourth-order valence-corrected chi connectivity index (χ4v) is 4.45. The molecule has 1 saturated carbocycles. The van der Waals surface area contributed by atoms with Crippen molar-refractivity contribution in [2.24, 2.45) is 0 Å². The molecule has 114 valence electrons. The lowest BCUT2D eigenvalue weighted by atomic mass is 10.00. The van der Waals surface area contributed by atoms with E-state index in [1.165, 1.54) is 11.3 Å². The van der Waals surface area contributed by atoms with Crippen LogP contribution in [0.4, 0.5) is 10.9 Å². The van der Waals surface area contributed by atoms with Crippen LogP contribution in [0.25, 0.3) is 0 Å². The summed E-state index contributed by atoms with van der Waals surface area (Å²) in [5, 5.41) is 13.9. The van der Waals surface area contributed by atoms with Crippen LogP contribution in [0.3, 0.4) is 0 Å². The van der Waals surface area contributed by atoms with E-state index in [9.17, 15) is 9.90 Å². The third-order valence-corrected chi connectivity index (χ3v) is 5.69. The number of thiazole rings is 1. The van der Waals surface area contributed by atoms with E-state index in [1.54, 1.807) is 0 Å². The van der Waals surface area contributed by atoms with Crippen LogP contribution in [0.1, 0.15) is 48.2 Å². The van der Waals surface area contributed by atoms with Crippen LogP contribution < -0.4 is 11.1 Å². The molecule has 0 radical (unpaired) electrons. The smallest absolute Gasteiger partial charge is 0.268 e. The molecule has 2 bridgehead atoms. The molecule has 0 aromatic carbocycles. The van der Waals surface area contributed by atoms with Gasteiger partial charge in [0.2, 0.25) is 0 Å². The molecule has 7 heteroatoms. The number of amides is 1. The second-order valence-electron chi connectivity index (χ2n) is 6.37. The Labute approximate surface area is 127 Å². The third-order valence-electron chi connectivity index (χ3n) is 4.70. The molecule has 0 spiro atoms. The summed E-state index contributed by atoms with van der Waals surface area (Å²) in [6, 6.07) is 0.819. The Hall–Kier alpha value is -1.34. The highest BCUT2D eigenvalue weighted by Crippen LogP contribution is 2.39.